The molecule has 1 rings (SSSR count). The van der Waals surface area contributed by atoms with Gasteiger partial charge in [-0.1, -0.05) is 13.8 Å². The molecule has 0 amide bonds. The van der Waals surface area contributed by atoms with Gasteiger partial charge in [-0.3, -0.25) is 4.79 Å². The van der Waals surface area contributed by atoms with Gasteiger partial charge in [-0.25, -0.2) is 0 Å². The molecule has 1 saturated heterocycles. The molecule has 3 nitrogen and oxygen atoms in total. The zero-order valence-electron chi connectivity index (χ0n) is 9.21. The lowest BCUT2D eigenvalue weighted by Crippen LogP contribution is -2.32. The van der Waals surface area contributed by atoms with Crippen molar-refractivity contribution >= 4 is 5.97 Å². The largest absolute Gasteiger partial charge is 0.465 e. The zero-order valence-corrected chi connectivity index (χ0v) is 9.21. The summed E-state index contributed by atoms with van der Waals surface area (Å²) in [4.78, 5) is 11.3. The van der Waals surface area contributed by atoms with E-state index >= 15 is 0 Å². The molecule has 0 unspecified atom stereocenters. The van der Waals surface area contributed by atoms with Crippen LogP contribution in [-0.4, -0.2) is 25.7 Å². The van der Waals surface area contributed by atoms with E-state index in [4.69, 9.17) is 4.74 Å². The Bertz CT molecular complexity index is 174. The third-order valence-corrected chi connectivity index (χ3v) is 2.45. The third kappa shape index (κ3) is 4.61. The lowest BCUT2D eigenvalue weighted by molar-refractivity contribution is -0.146. The predicted molar refractivity (Wildman–Crippen MR) is 56.0 cm³/mol. The van der Waals surface area contributed by atoms with Crippen molar-refractivity contribution in [1.29, 1.82) is 0 Å². The molecule has 1 aliphatic heterocycles. The van der Waals surface area contributed by atoms with Crippen molar-refractivity contribution < 1.29 is 9.53 Å². The number of nitrogens with one attached hydrogen (secondary N) is 1. The van der Waals surface area contributed by atoms with Gasteiger partial charge in [0.2, 0.25) is 0 Å². The number of rotatable bonds is 4. The fourth-order valence-corrected chi connectivity index (χ4v) is 1.67. The van der Waals surface area contributed by atoms with Crippen LogP contribution in [0.5, 0.6) is 0 Å². The standard InChI is InChI=1S/C11H21NO2/c1-9(2)6-11(13)14-8-10-4-3-5-12-7-10/h9-10,12H,3-8H2,1-2H3/t10-/m0/s1. The van der Waals surface area contributed by atoms with E-state index in [0.717, 1.165) is 13.1 Å². The Kier molecular flexibility index (Phi) is 4.94. The number of ether oxygens (including phenoxy) is 1. The van der Waals surface area contributed by atoms with E-state index < -0.39 is 0 Å². The summed E-state index contributed by atoms with van der Waals surface area (Å²) in [6.07, 6.45) is 2.93. The monoisotopic (exact) mass is 199 g/mol. The van der Waals surface area contributed by atoms with Gasteiger partial charge in [0.15, 0.2) is 0 Å². The molecular weight excluding hydrogens is 178 g/mol. The number of hydrogen-bond donors (Lipinski definition) is 1. The van der Waals surface area contributed by atoms with Crippen molar-refractivity contribution in [2.24, 2.45) is 11.8 Å². The maximum atomic E-state index is 11.3. The minimum absolute atomic E-state index is 0.0504. The average Bonchev–Trinajstić information content (AvgIpc) is 2.15. The highest BCUT2D eigenvalue weighted by atomic mass is 16.5. The van der Waals surface area contributed by atoms with Gasteiger partial charge < -0.3 is 10.1 Å². The highest BCUT2D eigenvalue weighted by Crippen LogP contribution is 2.11. The summed E-state index contributed by atoms with van der Waals surface area (Å²) in [7, 11) is 0. The topological polar surface area (TPSA) is 38.3 Å². The van der Waals surface area contributed by atoms with Crippen molar-refractivity contribution in [3.05, 3.63) is 0 Å². The smallest absolute Gasteiger partial charge is 0.306 e. The summed E-state index contributed by atoms with van der Waals surface area (Å²) in [5, 5.41) is 3.31. The molecule has 1 aliphatic rings. The molecule has 1 fully saturated rings. The van der Waals surface area contributed by atoms with E-state index in [0.29, 0.717) is 24.9 Å². The quantitative estimate of drug-likeness (QED) is 0.698. The van der Waals surface area contributed by atoms with Gasteiger partial charge in [0.05, 0.1) is 6.61 Å². The molecule has 0 radical (unpaired) electrons. The molecule has 1 heterocycles. The van der Waals surface area contributed by atoms with E-state index in [2.05, 4.69) is 5.32 Å². The molecule has 1 N–H and O–H groups in total. The second-order valence-corrected chi connectivity index (χ2v) is 4.49. The molecule has 0 saturated carbocycles. The van der Waals surface area contributed by atoms with Gasteiger partial charge in [0, 0.05) is 18.9 Å². The lowest BCUT2D eigenvalue weighted by Gasteiger charge is -2.22. The van der Waals surface area contributed by atoms with E-state index in [9.17, 15) is 4.79 Å². The molecule has 1 atom stereocenters. The first kappa shape index (κ1) is 11.5. The molecule has 82 valence electrons. The van der Waals surface area contributed by atoms with Crippen LogP contribution < -0.4 is 5.32 Å². The van der Waals surface area contributed by atoms with Gasteiger partial charge in [0.25, 0.3) is 0 Å². The van der Waals surface area contributed by atoms with Crippen molar-refractivity contribution in [2.45, 2.75) is 33.1 Å². The Labute approximate surface area is 86.2 Å². The molecule has 0 aromatic carbocycles. The van der Waals surface area contributed by atoms with Gasteiger partial charge in [-0.2, -0.15) is 0 Å². The first-order chi connectivity index (χ1) is 6.68. The molecule has 0 aromatic heterocycles. The fourth-order valence-electron chi connectivity index (χ4n) is 1.67. The third-order valence-electron chi connectivity index (χ3n) is 2.45. The number of piperidine rings is 1. The number of hydrogen-bond acceptors (Lipinski definition) is 3. The molecule has 14 heavy (non-hydrogen) atoms. The number of esters is 1. The minimum Gasteiger partial charge on any atom is -0.465 e. The molecule has 0 spiro atoms. The van der Waals surface area contributed by atoms with Crippen molar-refractivity contribution in [3.8, 4) is 0 Å². The second kappa shape index (κ2) is 6.02. The molecule has 0 bridgehead atoms. The summed E-state index contributed by atoms with van der Waals surface area (Å²) in [6.45, 7) is 6.76. The van der Waals surface area contributed by atoms with Crippen LogP contribution in [-0.2, 0) is 9.53 Å². The molecule has 0 aliphatic carbocycles. The average molecular weight is 199 g/mol. The fraction of sp³-hybridized carbons (Fsp3) is 0.909. The summed E-state index contributed by atoms with van der Waals surface area (Å²) in [6, 6.07) is 0. The lowest BCUT2D eigenvalue weighted by atomic mass is 10.0. The van der Waals surface area contributed by atoms with Crippen molar-refractivity contribution in [1.82, 2.24) is 5.32 Å². The van der Waals surface area contributed by atoms with E-state index in [1.165, 1.54) is 12.8 Å². The normalized spacial score (nSPS) is 22.4. The summed E-state index contributed by atoms with van der Waals surface area (Å²) >= 11 is 0. The second-order valence-electron chi connectivity index (χ2n) is 4.49. The first-order valence-corrected chi connectivity index (χ1v) is 5.55. The van der Waals surface area contributed by atoms with Gasteiger partial charge in [0.1, 0.15) is 0 Å². The Hall–Kier alpha value is -0.570. The maximum Gasteiger partial charge on any atom is 0.306 e. The SMILES string of the molecule is CC(C)CC(=O)OC[C@H]1CCCNC1. The van der Waals surface area contributed by atoms with Crippen LogP contribution in [0.3, 0.4) is 0 Å². The van der Waals surface area contributed by atoms with E-state index in [-0.39, 0.29) is 5.97 Å². The molecule has 3 heteroatoms. The van der Waals surface area contributed by atoms with Crippen LogP contribution in [0, 0.1) is 11.8 Å². The Balaban J connectivity index is 2.09. The van der Waals surface area contributed by atoms with Gasteiger partial charge in [-0.15, -0.1) is 0 Å². The number of carbonyl (C=O) groups is 1. The van der Waals surface area contributed by atoms with Gasteiger partial charge >= 0.3 is 5.97 Å². The summed E-state index contributed by atoms with van der Waals surface area (Å²) < 4.78 is 5.21. The van der Waals surface area contributed by atoms with Crippen LogP contribution in [0.25, 0.3) is 0 Å². The Morgan fingerprint density at radius 1 is 1.57 bits per heavy atom. The zero-order chi connectivity index (χ0) is 10.4. The highest BCUT2D eigenvalue weighted by Gasteiger charge is 2.15. The van der Waals surface area contributed by atoms with Crippen LogP contribution in [0.1, 0.15) is 33.1 Å². The predicted octanol–water partition coefficient (Wildman–Crippen LogP) is 1.58. The summed E-state index contributed by atoms with van der Waals surface area (Å²) in [5.74, 6) is 0.873. The molecular formula is C11H21NO2. The Morgan fingerprint density at radius 2 is 2.36 bits per heavy atom. The van der Waals surface area contributed by atoms with Crippen LogP contribution >= 0.6 is 0 Å². The van der Waals surface area contributed by atoms with Crippen LogP contribution in [0.2, 0.25) is 0 Å². The highest BCUT2D eigenvalue weighted by molar-refractivity contribution is 5.69. The number of carbonyl (C=O) groups excluding carboxylic acids is 1. The minimum atomic E-state index is -0.0504. The first-order valence-electron chi connectivity index (χ1n) is 5.55. The summed E-state index contributed by atoms with van der Waals surface area (Å²) in [5.41, 5.74) is 0. The van der Waals surface area contributed by atoms with E-state index in [1.54, 1.807) is 0 Å². The van der Waals surface area contributed by atoms with Crippen LogP contribution in [0.4, 0.5) is 0 Å². The van der Waals surface area contributed by atoms with Crippen molar-refractivity contribution in [2.75, 3.05) is 19.7 Å². The van der Waals surface area contributed by atoms with Crippen LogP contribution in [0.15, 0.2) is 0 Å². The Morgan fingerprint density at radius 3 is 2.93 bits per heavy atom. The molecule has 0 aromatic rings. The van der Waals surface area contributed by atoms with Crippen molar-refractivity contribution in [3.63, 3.8) is 0 Å². The van der Waals surface area contributed by atoms with E-state index in [1.807, 2.05) is 13.8 Å². The maximum absolute atomic E-state index is 11.3. The van der Waals surface area contributed by atoms with Gasteiger partial charge in [-0.05, 0) is 25.3 Å².